The lowest BCUT2D eigenvalue weighted by molar-refractivity contribution is -0.130. The molecule has 42 heavy (non-hydrogen) atoms. The van der Waals surface area contributed by atoms with E-state index in [0.29, 0.717) is 39.2 Å². The average molecular weight is 611 g/mol. The van der Waals surface area contributed by atoms with E-state index in [4.69, 9.17) is 4.74 Å². The molecule has 0 aromatic rings. The van der Waals surface area contributed by atoms with Crippen molar-refractivity contribution in [1.82, 2.24) is 30.7 Å². The first-order chi connectivity index (χ1) is 20.3. The predicted octanol–water partition coefficient (Wildman–Crippen LogP) is 2.34. The summed E-state index contributed by atoms with van der Waals surface area (Å²) in [5.41, 5.74) is 0. The van der Waals surface area contributed by atoms with Crippen molar-refractivity contribution in [3.05, 3.63) is 12.7 Å². The summed E-state index contributed by atoms with van der Waals surface area (Å²) in [6.07, 6.45) is 0.847. The number of amides is 3. The molecule has 11 atom stereocenters. The van der Waals surface area contributed by atoms with Gasteiger partial charge in [-0.05, 0) is 50.6 Å². The Morgan fingerprint density at radius 2 is 1.90 bits per heavy atom. The maximum atomic E-state index is 16.4. The molecule has 6 fully saturated rings. The Morgan fingerprint density at radius 1 is 1.12 bits per heavy atom. The summed E-state index contributed by atoms with van der Waals surface area (Å²) in [5, 5.41) is 10.8. The summed E-state index contributed by atoms with van der Waals surface area (Å²) in [6, 6.07) is -0.894. The number of fused-ring (bicyclic) bond motifs is 5. The molecule has 1 saturated carbocycles. The van der Waals surface area contributed by atoms with Gasteiger partial charge >= 0.3 is 6.03 Å². The second-order valence-electron chi connectivity index (χ2n) is 13.3. The number of nitrogens with zero attached hydrogens (tertiary/aromatic N) is 3. The molecule has 9 nitrogen and oxygen atoms in total. The first kappa shape index (κ1) is 30.6. The highest BCUT2D eigenvalue weighted by molar-refractivity contribution is 8.00. The fraction of sp³-hybridized carbons (Fsp3) is 0.867. The SMILES string of the molecule is C=CC(=O)N1CCN(C2NC(=O)N3C4NC(C(F)CC24)C2C(F)CCCC2OCCSC2CCNC(C(C)C)C23)CC1. The van der Waals surface area contributed by atoms with Crippen LogP contribution in [0.15, 0.2) is 12.7 Å². The first-order valence-corrected chi connectivity index (χ1v) is 17.1. The molecule has 0 spiro atoms. The normalized spacial score (nSPS) is 43.4. The molecule has 12 heteroatoms. The summed E-state index contributed by atoms with van der Waals surface area (Å²) in [6.45, 7) is 11.6. The van der Waals surface area contributed by atoms with Gasteiger partial charge in [0.2, 0.25) is 5.91 Å². The van der Waals surface area contributed by atoms with Crippen molar-refractivity contribution in [2.75, 3.05) is 45.1 Å². The van der Waals surface area contributed by atoms with Crippen LogP contribution in [0.25, 0.3) is 0 Å². The molecule has 0 aromatic heterocycles. The number of piperidine rings is 2. The predicted molar refractivity (Wildman–Crippen MR) is 159 cm³/mol. The van der Waals surface area contributed by atoms with Crippen LogP contribution in [0.1, 0.15) is 46.0 Å². The van der Waals surface area contributed by atoms with Crippen molar-refractivity contribution in [2.45, 2.75) is 100 Å². The molecule has 0 aromatic carbocycles. The van der Waals surface area contributed by atoms with Crippen LogP contribution in [0.4, 0.5) is 13.6 Å². The Kier molecular flexibility index (Phi) is 9.36. The van der Waals surface area contributed by atoms with E-state index in [1.165, 1.54) is 6.08 Å². The Balaban J connectivity index is 1.36. The molecule has 5 saturated heterocycles. The molecule has 11 unspecified atom stereocenters. The van der Waals surface area contributed by atoms with E-state index >= 15 is 8.78 Å². The summed E-state index contributed by atoms with van der Waals surface area (Å²) >= 11 is 1.86. The van der Waals surface area contributed by atoms with Crippen molar-refractivity contribution in [1.29, 1.82) is 0 Å². The van der Waals surface area contributed by atoms with Crippen LogP contribution in [-0.2, 0) is 9.53 Å². The van der Waals surface area contributed by atoms with Gasteiger partial charge in [0.15, 0.2) is 0 Å². The highest BCUT2D eigenvalue weighted by atomic mass is 32.2. The molecule has 1 aliphatic carbocycles. The molecule has 3 amide bonds. The van der Waals surface area contributed by atoms with E-state index in [2.05, 4.69) is 41.3 Å². The number of carbonyl (C=O) groups excluding carboxylic acids is 2. The zero-order valence-electron chi connectivity index (χ0n) is 24.9. The zero-order chi connectivity index (χ0) is 29.5. The summed E-state index contributed by atoms with van der Waals surface area (Å²) < 4.78 is 38.4. The van der Waals surface area contributed by atoms with Crippen LogP contribution in [0, 0.1) is 17.8 Å². The van der Waals surface area contributed by atoms with Crippen LogP contribution < -0.4 is 16.0 Å². The third-order valence-corrected chi connectivity index (χ3v) is 12.0. The highest BCUT2D eigenvalue weighted by Crippen LogP contribution is 2.43. The standard InChI is InChI=1S/C30H48F2N6O3S/c1-4-23(39)36-10-12-37(13-11-36)28-18-16-20(32)26-24-19(31)6-5-7-21(24)41-14-15-42-22-8-9-33-25(17(2)3)27(22)38(29(18)34-26)30(40)35-28/h4,17-22,24-29,33-34H,1,5-16H2,2-3H3,(H,35,40). The minimum absolute atomic E-state index is 0.0798. The molecule has 2 bridgehead atoms. The molecular formula is C30H48F2N6O3S. The second-order valence-corrected chi connectivity index (χ2v) is 14.6. The van der Waals surface area contributed by atoms with Crippen molar-refractivity contribution < 1.29 is 23.1 Å². The lowest BCUT2D eigenvalue weighted by Gasteiger charge is -2.59. The fourth-order valence-corrected chi connectivity index (χ4v) is 9.91. The van der Waals surface area contributed by atoms with E-state index in [9.17, 15) is 9.59 Å². The van der Waals surface area contributed by atoms with Crippen molar-refractivity contribution in [3.8, 4) is 0 Å². The number of piperazine rings is 1. The minimum Gasteiger partial charge on any atom is -0.377 e. The number of thioether (sulfide) groups is 1. The van der Waals surface area contributed by atoms with Crippen LogP contribution in [0.2, 0.25) is 0 Å². The van der Waals surface area contributed by atoms with E-state index in [1.54, 1.807) is 4.90 Å². The molecular weight excluding hydrogens is 562 g/mol. The van der Waals surface area contributed by atoms with E-state index in [0.717, 1.165) is 31.6 Å². The quantitative estimate of drug-likeness (QED) is 0.423. The minimum atomic E-state index is -1.26. The van der Waals surface area contributed by atoms with Gasteiger partial charge in [-0.1, -0.05) is 20.4 Å². The third kappa shape index (κ3) is 5.71. The molecule has 6 rings (SSSR count). The van der Waals surface area contributed by atoms with Gasteiger partial charge in [0.05, 0.1) is 31.1 Å². The summed E-state index contributed by atoms with van der Waals surface area (Å²) in [4.78, 5) is 32.4. The van der Waals surface area contributed by atoms with Crippen LogP contribution in [0.3, 0.4) is 0 Å². The summed E-state index contributed by atoms with van der Waals surface area (Å²) in [7, 11) is 0. The third-order valence-electron chi connectivity index (χ3n) is 10.6. The number of hydrogen-bond donors (Lipinski definition) is 3. The fourth-order valence-electron chi connectivity index (χ4n) is 8.63. The highest BCUT2D eigenvalue weighted by Gasteiger charge is 2.57. The van der Waals surface area contributed by atoms with Gasteiger partial charge < -0.3 is 25.2 Å². The number of alkyl halides is 2. The van der Waals surface area contributed by atoms with Gasteiger partial charge in [-0.15, -0.1) is 0 Å². The van der Waals surface area contributed by atoms with Crippen molar-refractivity contribution in [3.63, 3.8) is 0 Å². The molecule has 3 N–H and O–H groups in total. The lowest BCUT2D eigenvalue weighted by atomic mass is 9.73. The zero-order valence-corrected chi connectivity index (χ0v) is 25.7. The number of rotatable bonds is 3. The number of ether oxygens (including phenoxy) is 1. The summed E-state index contributed by atoms with van der Waals surface area (Å²) in [5.74, 6) is 0.132. The van der Waals surface area contributed by atoms with Gasteiger partial charge in [-0.3, -0.25) is 15.0 Å². The molecule has 5 aliphatic heterocycles. The Morgan fingerprint density at radius 3 is 2.64 bits per heavy atom. The van der Waals surface area contributed by atoms with Crippen LogP contribution in [-0.4, -0.2) is 126 Å². The Labute approximate surface area is 252 Å². The van der Waals surface area contributed by atoms with E-state index in [-0.39, 0.29) is 59.8 Å². The largest absolute Gasteiger partial charge is 0.377 e. The van der Waals surface area contributed by atoms with Crippen molar-refractivity contribution >= 4 is 23.7 Å². The topological polar surface area (TPSA) is 89.2 Å². The molecule has 0 radical (unpaired) electrons. The first-order valence-electron chi connectivity index (χ1n) is 16.0. The number of carbonyl (C=O) groups is 2. The second kappa shape index (κ2) is 12.9. The number of halogens is 2. The maximum absolute atomic E-state index is 16.4. The smallest absolute Gasteiger partial charge is 0.320 e. The molecule has 236 valence electrons. The molecule has 5 heterocycles. The lowest BCUT2D eigenvalue weighted by Crippen LogP contribution is -2.80. The van der Waals surface area contributed by atoms with Gasteiger partial charge in [-0.2, -0.15) is 11.8 Å². The van der Waals surface area contributed by atoms with Crippen molar-refractivity contribution in [2.24, 2.45) is 17.8 Å². The number of urea groups is 1. The maximum Gasteiger partial charge on any atom is 0.320 e. The van der Waals surface area contributed by atoms with Gasteiger partial charge in [0.1, 0.15) is 12.3 Å². The monoisotopic (exact) mass is 610 g/mol. The van der Waals surface area contributed by atoms with Crippen LogP contribution >= 0.6 is 11.8 Å². The van der Waals surface area contributed by atoms with Gasteiger partial charge in [-0.25, -0.2) is 13.6 Å². The van der Waals surface area contributed by atoms with E-state index < -0.39 is 30.5 Å². The Bertz CT molecular complexity index is 1000. The van der Waals surface area contributed by atoms with Gasteiger partial charge in [0, 0.05) is 61.1 Å². The van der Waals surface area contributed by atoms with Crippen LogP contribution in [0.5, 0.6) is 0 Å². The Hall–Kier alpha value is -1.47. The average Bonchev–Trinajstić information content (AvgIpc) is 2.98. The number of hydrogen-bond acceptors (Lipinski definition) is 7. The molecule has 6 aliphatic rings. The van der Waals surface area contributed by atoms with Gasteiger partial charge in [0.25, 0.3) is 0 Å². The van der Waals surface area contributed by atoms with E-state index in [1.807, 2.05) is 16.7 Å². The number of nitrogens with one attached hydrogen (secondary N) is 3.